The summed E-state index contributed by atoms with van der Waals surface area (Å²) in [6, 6.07) is 0. The number of aliphatic hydroxyl groups excluding tert-OH is 2. The standard InChI is InChI=1S/C75H138O16P2/c1-4-7-10-13-16-19-22-25-26-27-28-29-30-31-32-33-34-35-36-37-38-39-40-41-42-45-47-49-52-55-58-61-73(78)85-64-70(76)65-87-92(81,82)88-66-71(77)67-89-93(83,84)90-69-72(91-75(80)63-60-57-54-51-48-44-24-21-18-15-12-9-6-3)68-86-74(79)62-59-56-53-50-46-43-23-20-17-14-11-8-5-2/h7,10,16,19,25-26,28-29,31-32,70-72,76-77H,4-6,8-9,11-15,17-18,20-24,27,30,33-69H2,1-3H3,(H,81,82)(H,83,84)/b10-7-,19-16-,26-25-,29-28-,32-31-. The maximum atomic E-state index is 12.9. The summed E-state index contributed by atoms with van der Waals surface area (Å²) in [6.07, 6.45) is 72.9. The molecule has 0 heterocycles. The third-order valence-electron chi connectivity index (χ3n) is 16.3. The smallest absolute Gasteiger partial charge is 0.463 e. The van der Waals surface area contributed by atoms with E-state index in [4.69, 9.17) is 32.3 Å². The van der Waals surface area contributed by atoms with Gasteiger partial charge in [-0.2, -0.15) is 0 Å². The Morgan fingerprint density at radius 2 is 0.570 bits per heavy atom. The fourth-order valence-electron chi connectivity index (χ4n) is 10.5. The molecule has 0 saturated carbocycles. The average molecular weight is 1360 g/mol. The van der Waals surface area contributed by atoms with Gasteiger partial charge in [0, 0.05) is 19.3 Å². The largest absolute Gasteiger partial charge is 0.472 e. The molecular formula is C75H138O16P2. The average Bonchev–Trinajstić information content (AvgIpc) is 3.55. The zero-order valence-corrected chi connectivity index (χ0v) is 61.0. The van der Waals surface area contributed by atoms with Crippen LogP contribution in [0.5, 0.6) is 0 Å². The molecule has 0 aromatic carbocycles. The minimum Gasteiger partial charge on any atom is -0.463 e. The maximum absolute atomic E-state index is 12.9. The summed E-state index contributed by atoms with van der Waals surface area (Å²) in [4.78, 5) is 58.4. The molecule has 0 radical (unpaired) electrons. The van der Waals surface area contributed by atoms with Gasteiger partial charge in [-0.05, 0) is 64.2 Å². The van der Waals surface area contributed by atoms with Gasteiger partial charge in [-0.1, -0.05) is 319 Å². The Kier molecular flexibility index (Phi) is 67.1. The monoisotopic (exact) mass is 1360 g/mol. The summed E-state index contributed by atoms with van der Waals surface area (Å²) < 4.78 is 61.0. The van der Waals surface area contributed by atoms with Crippen LogP contribution in [-0.2, 0) is 55.8 Å². The molecule has 0 aliphatic carbocycles. The van der Waals surface area contributed by atoms with Crippen LogP contribution in [0.15, 0.2) is 60.8 Å². The number of ether oxygens (including phenoxy) is 3. The second kappa shape index (κ2) is 69.2. The van der Waals surface area contributed by atoms with Crippen LogP contribution >= 0.6 is 15.6 Å². The molecular weight excluding hydrogens is 1220 g/mol. The lowest BCUT2D eigenvalue weighted by Crippen LogP contribution is -2.30. The summed E-state index contributed by atoms with van der Waals surface area (Å²) in [5, 5.41) is 20.6. The molecule has 18 heteroatoms. The number of phosphoric acid groups is 2. The first-order chi connectivity index (χ1) is 45.2. The zero-order chi connectivity index (χ0) is 68.1. The fourth-order valence-corrected chi connectivity index (χ4v) is 12.1. The van der Waals surface area contributed by atoms with Crippen molar-refractivity contribution in [2.75, 3.05) is 39.6 Å². The molecule has 0 amide bonds. The Morgan fingerprint density at radius 3 is 0.903 bits per heavy atom. The highest BCUT2D eigenvalue weighted by Crippen LogP contribution is 2.45. The number of hydrogen-bond acceptors (Lipinski definition) is 14. The summed E-state index contributed by atoms with van der Waals surface area (Å²) in [7, 11) is -9.76. The van der Waals surface area contributed by atoms with Crippen molar-refractivity contribution in [2.24, 2.45) is 0 Å². The van der Waals surface area contributed by atoms with Crippen LogP contribution in [0.1, 0.15) is 342 Å². The highest BCUT2D eigenvalue weighted by Gasteiger charge is 2.29. The van der Waals surface area contributed by atoms with E-state index < -0.39 is 91.5 Å². The Balaban J connectivity index is 4.34. The van der Waals surface area contributed by atoms with Gasteiger partial charge in [-0.15, -0.1) is 0 Å². The van der Waals surface area contributed by atoms with Gasteiger partial charge in [0.15, 0.2) is 6.10 Å². The highest BCUT2D eigenvalue weighted by atomic mass is 31.2. The topological polar surface area (TPSA) is 231 Å². The minimum atomic E-state index is -4.91. The molecule has 544 valence electrons. The van der Waals surface area contributed by atoms with Crippen molar-refractivity contribution >= 4 is 33.6 Å². The van der Waals surface area contributed by atoms with Crippen LogP contribution in [0.4, 0.5) is 0 Å². The van der Waals surface area contributed by atoms with Crippen LogP contribution in [0, 0.1) is 0 Å². The van der Waals surface area contributed by atoms with E-state index in [-0.39, 0.29) is 19.3 Å². The number of aliphatic hydroxyl groups is 2. The molecule has 0 aromatic heterocycles. The zero-order valence-electron chi connectivity index (χ0n) is 59.2. The van der Waals surface area contributed by atoms with Crippen molar-refractivity contribution in [3.05, 3.63) is 60.8 Å². The fraction of sp³-hybridized carbons (Fsp3) is 0.827. The second-order valence-corrected chi connectivity index (χ2v) is 28.3. The molecule has 0 spiro atoms. The maximum Gasteiger partial charge on any atom is 0.472 e. The van der Waals surface area contributed by atoms with Gasteiger partial charge in [0.2, 0.25) is 0 Å². The van der Waals surface area contributed by atoms with Crippen LogP contribution < -0.4 is 0 Å². The SMILES string of the molecule is CC/C=C\C/C=C\C/C=C\C/C=C\C/C=C\CCCCCCCCCCCCCCCCCC(=O)OCC(O)COP(=O)(O)OCC(O)COP(=O)(O)OCC(COC(=O)CCCCCCCCCCCCCCC)OC(=O)CCCCCCCCCCCCCCC. The van der Waals surface area contributed by atoms with Crippen LogP contribution in [0.3, 0.4) is 0 Å². The molecule has 5 atom stereocenters. The van der Waals surface area contributed by atoms with E-state index >= 15 is 0 Å². The van der Waals surface area contributed by atoms with Gasteiger partial charge in [0.05, 0.1) is 26.4 Å². The molecule has 93 heavy (non-hydrogen) atoms. The number of carbonyl (C=O) groups excluding carboxylic acids is 3. The molecule has 0 aliphatic rings. The molecule has 4 N–H and O–H groups in total. The molecule has 0 aromatic rings. The van der Waals surface area contributed by atoms with Gasteiger partial charge in [0.1, 0.15) is 25.4 Å². The Bertz CT molecular complexity index is 1940. The van der Waals surface area contributed by atoms with E-state index in [0.29, 0.717) is 19.3 Å². The summed E-state index contributed by atoms with van der Waals surface area (Å²) in [5.41, 5.74) is 0. The highest BCUT2D eigenvalue weighted by molar-refractivity contribution is 7.47. The predicted octanol–water partition coefficient (Wildman–Crippen LogP) is 21.3. The first-order valence-corrected chi connectivity index (χ1v) is 40.6. The Morgan fingerprint density at radius 1 is 0.312 bits per heavy atom. The Hall–Kier alpha value is -2.75. The van der Waals surface area contributed by atoms with Crippen molar-refractivity contribution in [2.45, 2.75) is 360 Å². The third kappa shape index (κ3) is 70.4. The van der Waals surface area contributed by atoms with E-state index in [2.05, 4.69) is 81.5 Å². The van der Waals surface area contributed by atoms with Crippen molar-refractivity contribution in [3.8, 4) is 0 Å². The molecule has 16 nitrogen and oxygen atoms in total. The van der Waals surface area contributed by atoms with Crippen LogP contribution in [0.2, 0.25) is 0 Å². The first-order valence-electron chi connectivity index (χ1n) is 37.6. The van der Waals surface area contributed by atoms with E-state index in [9.17, 15) is 43.5 Å². The summed E-state index contributed by atoms with van der Waals surface area (Å²) >= 11 is 0. The lowest BCUT2D eigenvalue weighted by molar-refractivity contribution is -0.161. The van der Waals surface area contributed by atoms with Gasteiger partial charge in [0.25, 0.3) is 0 Å². The van der Waals surface area contributed by atoms with E-state index in [0.717, 1.165) is 96.3 Å². The lowest BCUT2D eigenvalue weighted by Gasteiger charge is -2.21. The van der Waals surface area contributed by atoms with Crippen molar-refractivity contribution < 1.29 is 75.8 Å². The van der Waals surface area contributed by atoms with Gasteiger partial charge < -0.3 is 34.2 Å². The molecule has 0 fully saturated rings. The molecule has 5 unspecified atom stereocenters. The number of hydrogen-bond donors (Lipinski definition) is 4. The quantitative estimate of drug-likeness (QED) is 0.0146. The molecule has 0 bridgehead atoms. The number of phosphoric ester groups is 2. The number of esters is 3. The molecule has 0 aliphatic heterocycles. The van der Waals surface area contributed by atoms with Crippen molar-refractivity contribution in [1.82, 2.24) is 0 Å². The van der Waals surface area contributed by atoms with E-state index in [1.54, 1.807) is 0 Å². The normalized spacial score (nSPS) is 14.4. The number of carbonyl (C=O) groups is 3. The Labute approximate surface area is 567 Å². The van der Waals surface area contributed by atoms with Gasteiger partial charge in [-0.3, -0.25) is 32.5 Å². The van der Waals surface area contributed by atoms with E-state index in [1.807, 2.05) is 0 Å². The molecule has 0 rings (SSSR count). The summed E-state index contributed by atoms with van der Waals surface area (Å²) in [6.45, 7) is 2.61. The minimum absolute atomic E-state index is 0.114. The third-order valence-corrected chi connectivity index (χ3v) is 18.2. The molecule has 0 saturated heterocycles. The first kappa shape index (κ1) is 90.2. The second-order valence-electron chi connectivity index (χ2n) is 25.4. The van der Waals surface area contributed by atoms with Crippen LogP contribution in [0.25, 0.3) is 0 Å². The number of unbranched alkanes of at least 4 members (excludes halogenated alkanes) is 39. The van der Waals surface area contributed by atoms with Crippen LogP contribution in [-0.4, -0.2) is 95.9 Å². The van der Waals surface area contributed by atoms with Crippen molar-refractivity contribution in [3.63, 3.8) is 0 Å². The predicted molar refractivity (Wildman–Crippen MR) is 381 cm³/mol. The summed E-state index contributed by atoms with van der Waals surface area (Å²) in [5.74, 6) is -1.55. The number of rotatable bonds is 72. The van der Waals surface area contributed by atoms with E-state index in [1.165, 1.54) is 186 Å². The van der Waals surface area contributed by atoms with Gasteiger partial charge in [-0.25, -0.2) is 9.13 Å². The van der Waals surface area contributed by atoms with Crippen molar-refractivity contribution in [1.29, 1.82) is 0 Å². The van der Waals surface area contributed by atoms with Gasteiger partial charge >= 0.3 is 33.6 Å². The lowest BCUT2D eigenvalue weighted by atomic mass is 10.0. The number of allylic oxidation sites excluding steroid dienone is 10.